The normalized spacial score (nSPS) is 10.8. The van der Waals surface area contributed by atoms with Crippen LogP contribution in [0.2, 0.25) is 0 Å². The number of halogens is 1. The van der Waals surface area contributed by atoms with Gasteiger partial charge in [0, 0.05) is 10.0 Å². The van der Waals surface area contributed by atoms with E-state index in [-0.39, 0.29) is 5.57 Å². The number of hydrogen-bond donors (Lipinski definition) is 1. The molecule has 0 unspecified atom stereocenters. The van der Waals surface area contributed by atoms with Crippen molar-refractivity contribution >= 4 is 28.0 Å². The molecule has 0 aliphatic heterocycles. The molecule has 0 saturated heterocycles. The van der Waals surface area contributed by atoms with E-state index < -0.39 is 5.97 Å². The Morgan fingerprint density at radius 1 is 1.23 bits per heavy atom. The Morgan fingerprint density at radius 3 is 2.59 bits per heavy atom. The molecule has 0 amide bonds. The lowest BCUT2D eigenvalue weighted by Crippen LogP contribution is -2.00. The number of carbonyl (C=O) groups is 1. The van der Waals surface area contributed by atoms with Gasteiger partial charge in [-0.3, -0.25) is 0 Å². The minimum Gasteiger partial charge on any atom is -0.488 e. The summed E-state index contributed by atoms with van der Waals surface area (Å²) in [6.07, 6.45) is 1.30. The van der Waals surface area contributed by atoms with Crippen molar-refractivity contribution in [3.63, 3.8) is 0 Å². The molecule has 0 bridgehead atoms. The van der Waals surface area contributed by atoms with Gasteiger partial charge in [0.15, 0.2) is 0 Å². The Bertz CT molecular complexity index is 748. The molecule has 110 valence electrons. The number of benzene rings is 2. The second-order valence-corrected chi connectivity index (χ2v) is 5.26. The van der Waals surface area contributed by atoms with Gasteiger partial charge in [-0.1, -0.05) is 52.3 Å². The van der Waals surface area contributed by atoms with E-state index in [1.165, 1.54) is 6.08 Å². The van der Waals surface area contributed by atoms with E-state index in [1.54, 1.807) is 24.3 Å². The van der Waals surface area contributed by atoms with E-state index in [2.05, 4.69) is 15.9 Å². The Labute approximate surface area is 136 Å². The van der Waals surface area contributed by atoms with Gasteiger partial charge in [0.05, 0.1) is 0 Å². The van der Waals surface area contributed by atoms with Crippen LogP contribution in [0.1, 0.15) is 11.1 Å². The van der Waals surface area contributed by atoms with Crippen molar-refractivity contribution in [2.45, 2.75) is 6.61 Å². The Balaban J connectivity index is 2.31. The van der Waals surface area contributed by atoms with E-state index in [9.17, 15) is 4.79 Å². The van der Waals surface area contributed by atoms with E-state index >= 15 is 0 Å². The highest BCUT2D eigenvalue weighted by molar-refractivity contribution is 9.10. The summed E-state index contributed by atoms with van der Waals surface area (Å²) < 4.78 is 6.41. The summed E-state index contributed by atoms with van der Waals surface area (Å²) in [7, 11) is 0. The first-order chi connectivity index (χ1) is 10.6. The Kier molecular flexibility index (Phi) is 5.34. The van der Waals surface area contributed by atoms with E-state index in [0.717, 1.165) is 5.56 Å². The molecule has 0 atom stereocenters. The first-order valence-corrected chi connectivity index (χ1v) is 7.21. The number of ether oxygens (including phenoxy) is 1. The van der Waals surface area contributed by atoms with Crippen LogP contribution in [-0.2, 0) is 11.4 Å². The molecule has 0 fully saturated rings. The fourth-order valence-corrected chi connectivity index (χ4v) is 2.27. The molecule has 22 heavy (non-hydrogen) atoms. The molecule has 0 spiro atoms. The highest BCUT2D eigenvalue weighted by Gasteiger charge is 2.11. The van der Waals surface area contributed by atoms with Crippen LogP contribution in [0.4, 0.5) is 0 Å². The molecule has 4 nitrogen and oxygen atoms in total. The molecule has 0 aliphatic carbocycles. The van der Waals surface area contributed by atoms with Crippen molar-refractivity contribution in [2.75, 3.05) is 0 Å². The summed E-state index contributed by atoms with van der Waals surface area (Å²) in [5.74, 6) is -0.764. The summed E-state index contributed by atoms with van der Waals surface area (Å²) in [6, 6.07) is 16.6. The first-order valence-electron chi connectivity index (χ1n) is 6.42. The van der Waals surface area contributed by atoms with Crippen LogP contribution in [0, 0.1) is 11.3 Å². The fourth-order valence-electron chi connectivity index (χ4n) is 1.80. The quantitative estimate of drug-likeness (QED) is 0.647. The van der Waals surface area contributed by atoms with Gasteiger partial charge in [-0.25, -0.2) is 4.79 Å². The predicted molar refractivity (Wildman–Crippen MR) is 86.1 cm³/mol. The van der Waals surface area contributed by atoms with Crippen LogP contribution >= 0.6 is 15.9 Å². The smallest absolute Gasteiger partial charge is 0.346 e. The summed E-state index contributed by atoms with van der Waals surface area (Å²) in [6.45, 7) is 0.354. The van der Waals surface area contributed by atoms with Crippen LogP contribution in [0.3, 0.4) is 0 Å². The largest absolute Gasteiger partial charge is 0.488 e. The van der Waals surface area contributed by atoms with Crippen LogP contribution in [0.5, 0.6) is 5.75 Å². The standard InChI is InChI=1S/C17H12BrNO3/c18-15-7-4-8-16(14(15)9-13(10-19)17(20)21)22-11-12-5-2-1-3-6-12/h1-9H,11H2,(H,20,21). The zero-order valence-electron chi connectivity index (χ0n) is 11.5. The monoisotopic (exact) mass is 357 g/mol. The summed E-state index contributed by atoms with van der Waals surface area (Å²) >= 11 is 3.35. The summed E-state index contributed by atoms with van der Waals surface area (Å²) in [4.78, 5) is 11.0. The topological polar surface area (TPSA) is 70.3 Å². The Hall–Kier alpha value is -2.58. The Morgan fingerprint density at radius 2 is 1.95 bits per heavy atom. The summed E-state index contributed by atoms with van der Waals surface area (Å²) in [5.41, 5.74) is 1.17. The average Bonchev–Trinajstić information content (AvgIpc) is 2.52. The van der Waals surface area contributed by atoms with Crippen molar-refractivity contribution in [1.82, 2.24) is 0 Å². The van der Waals surface area contributed by atoms with Crippen molar-refractivity contribution in [2.24, 2.45) is 0 Å². The van der Waals surface area contributed by atoms with E-state index in [1.807, 2.05) is 30.3 Å². The molecular weight excluding hydrogens is 346 g/mol. The molecule has 2 aromatic rings. The fraction of sp³-hybridized carbons (Fsp3) is 0.0588. The number of hydrogen-bond acceptors (Lipinski definition) is 3. The lowest BCUT2D eigenvalue weighted by atomic mass is 10.1. The second kappa shape index (κ2) is 7.43. The molecule has 0 saturated carbocycles. The molecule has 0 heterocycles. The molecule has 2 aromatic carbocycles. The molecule has 0 aromatic heterocycles. The van der Waals surface area contributed by atoms with Crippen LogP contribution < -0.4 is 4.74 Å². The third-order valence-electron chi connectivity index (χ3n) is 2.89. The van der Waals surface area contributed by atoms with Gasteiger partial charge in [-0.2, -0.15) is 5.26 Å². The zero-order chi connectivity index (χ0) is 15.9. The molecule has 2 rings (SSSR count). The number of rotatable bonds is 5. The minimum absolute atomic E-state index is 0.350. The van der Waals surface area contributed by atoms with Crippen LogP contribution in [0.15, 0.2) is 58.6 Å². The zero-order valence-corrected chi connectivity index (χ0v) is 13.1. The van der Waals surface area contributed by atoms with E-state index in [0.29, 0.717) is 22.4 Å². The number of nitriles is 1. The molecule has 1 N–H and O–H groups in total. The molecule has 0 radical (unpaired) electrons. The maximum atomic E-state index is 11.0. The SMILES string of the molecule is N#CC(=Cc1c(Br)cccc1OCc1ccccc1)C(=O)O. The van der Waals surface area contributed by atoms with Gasteiger partial charge < -0.3 is 9.84 Å². The van der Waals surface area contributed by atoms with Crippen LogP contribution in [-0.4, -0.2) is 11.1 Å². The number of nitrogens with zero attached hydrogens (tertiary/aromatic N) is 1. The van der Waals surface area contributed by atoms with Crippen molar-refractivity contribution in [1.29, 1.82) is 5.26 Å². The van der Waals surface area contributed by atoms with Crippen molar-refractivity contribution in [3.05, 3.63) is 69.7 Å². The van der Waals surface area contributed by atoms with Gasteiger partial charge in [0.1, 0.15) is 24.0 Å². The number of aliphatic carboxylic acids is 1. The highest BCUT2D eigenvalue weighted by atomic mass is 79.9. The molecule has 5 heteroatoms. The lowest BCUT2D eigenvalue weighted by molar-refractivity contribution is -0.132. The molecule has 0 aliphatic rings. The van der Waals surface area contributed by atoms with Gasteiger partial charge in [0.2, 0.25) is 0 Å². The third-order valence-corrected chi connectivity index (χ3v) is 3.58. The van der Waals surface area contributed by atoms with Gasteiger partial charge >= 0.3 is 5.97 Å². The average molecular weight is 358 g/mol. The molecular formula is C17H12BrNO3. The highest BCUT2D eigenvalue weighted by Crippen LogP contribution is 2.29. The maximum absolute atomic E-state index is 11.0. The van der Waals surface area contributed by atoms with E-state index in [4.69, 9.17) is 15.1 Å². The third kappa shape index (κ3) is 3.96. The summed E-state index contributed by atoms with van der Waals surface area (Å²) in [5, 5.41) is 17.9. The first kappa shape index (κ1) is 15.8. The van der Waals surface area contributed by atoms with Crippen molar-refractivity contribution in [3.8, 4) is 11.8 Å². The van der Waals surface area contributed by atoms with Gasteiger partial charge in [0.25, 0.3) is 0 Å². The lowest BCUT2D eigenvalue weighted by Gasteiger charge is -2.11. The predicted octanol–water partition coefficient (Wildman–Crippen LogP) is 4.02. The number of carboxylic acids is 1. The minimum atomic E-state index is -1.27. The van der Waals surface area contributed by atoms with Crippen molar-refractivity contribution < 1.29 is 14.6 Å². The number of carboxylic acid groups (broad SMARTS) is 1. The van der Waals surface area contributed by atoms with Gasteiger partial charge in [-0.05, 0) is 23.8 Å². The second-order valence-electron chi connectivity index (χ2n) is 4.40. The maximum Gasteiger partial charge on any atom is 0.346 e. The van der Waals surface area contributed by atoms with Crippen LogP contribution in [0.25, 0.3) is 6.08 Å². The van der Waals surface area contributed by atoms with Gasteiger partial charge in [-0.15, -0.1) is 0 Å².